The molecule has 1 aliphatic heterocycles. The molecule has 5 nitrogen and oxygen atoms in total. The fourth-order valence-corrected chi connectivity index (χ4v) is 5.27. The van der Waals surface area contributed by atoms with E-state index in [1.807, 2.05) is 12.1 Å². The minimum atomic E-state index is -0.0714. The number of carbonyl (C=O) groups is 1. The highest BCUT2D eigenvalue weighted by Crippen LogP contribution is 2.43. The molecule has 1 amide bonds. The van der Waals surface area contributed by atoms with Gasteiger partial charge in [0, 0.05) is 23.4 Å². The van der Waals surface area contributed by atoms with Gasteiger partial charge in [-0.25, -0.2) is 0 Å². The Balaban J connectivity index is 1.75. The third-order valence-electron chi connectivity index (χ3n) is 5.79. The highest BCUT2D eigenvalue weighted by atomic mass is 32.1. The van der Waals surface area contributed by atoms with Crippen LogP contribution in [-0.2, 0) is 11.2 Å². The van der Waals surface area contributed by atoms with Gasteiger partial charge in [0.25, 0.3) is 0 Å². The predicted octanol–water partition coefficient (Wildman–Crippen LogP) is 3.37. The van der Waals surface area contributed by atoms with E-state index in [9.17, 15) is 4.79 Å². The second kappa shape index (κ2) is 7.52. The average Bonchev–Trinajstić information content (AvgIpc) is 3.37. The van der Waals surface area contributed by atoms with E-state index in [-0.39, 0.29) is 23.9 Å². The minimum Gasteiger partial charge on any atom is -0.493 e. The molecule has 1 fully saturated rings. The fraction of sp³-hybridized carbons (Fsp3) is 0.476. The molecule has 1 saturated carbocycles. The maximum Gasteiger partial charge on any atom is 0.226 e. The molecular formula is C21H26N2O3S. The summed E-state index contributed by atoms with van der Waals surface area (Å²) in [7, 11) is 3.30. The van der Waals surface area contributed by atoms with Gasteiger partial charge in [-0.05, 0) is 60.4 Å². The van der Waals surface area contributed by atoms with E-state index >= 15 is 0 Å². The number of fused-ring (bicyclic) bond motifs is 1. The maximum atomic E-state index is 13.4. The predicted molar refractivity (Wildman–Crippen MR) is 106 cm³/mol. The van der Waals surface area contributed by atoms with Crippen LogP contribution in [0.5, 0.6) is 11.5 Å². The smallest absolute Gasteiger partial charge is 0.226 e. The summed E-state index contributed by atoms with van der Waals surface area (Å²) in [5.74, 6) is 1.73. The summed E-state index contributed by atoms with van der Waals surface area (Å²) >= 11 is 1.69. The lowest BCUT2D eigenvalue weighted by Crippen LogP contribution is -2.43. The Morgan fingerprint density at radius 1 is 1.22 bits per heavy atom. The van der Waals surface area contributed by atoms with Crippen molar-refractivity contribution >= 4 is 17.2 Å². The third-order valence-corrected chi connectivity index (χ3v) is 6.72. The molecule has 3 unspecified atom stereocenters. The van der Waals surface area contributed by atoms with Gasteiger partial charge in [-0.15, -0.1) is 11.3 Å². The topological polar surface area (TPSA) is 64.8 Å². The molecule has 0 saturated heterocycles. The van der Waals surface area contributed by atoms with Gasteiger partial charge in [-0.1, -0.05) is 6.07 Å². The molecule has 0 spiro atoms. The number of hydrogen-bond acceptors (Lipinski definition) is 5. The molecule has 2 aliphatic rings. The van der Waals surface area contributed by atoms with Crippen molar-refractivity contribution in [3.8, 4) is 11.5 Å². The lowest BCUT2D eigenvalue weighted by molar-refractivity contribution is -0.137. The number of benzene rings is 1. The Bertz CT molecular complexity index is 821. The molecule has 1 aromatic heterocycles. The fourth-order valence-electron chi connectivity index (χ4n) is 4.41. The van der Waals surface area contributed by atoms with Gasteiger partial charge in [-0.2, -0.15) is 0 Å². The zero-order chi connectivity index (χ0) is 19.0. The number of nitrogens with two attached hydrogens (primary N) is 1. The van der Waals surface area contributed by atoms with Gasteiger partial charge in [0.15, 0.2) is 11.5 Å². The number of thiophene rings is 1. The number of amides is 1. The Morgan fingerprint density at radius 3 is 2.63 bits per heavy atom. The van der Waals surface area contributed by atoms with Gasteiger partial charge in [-0.3, -0.25) is 4.79 Å². The van der Waals surface area contributed by atoms with Crippen LogP contribution in [-0.4, -0.2) is 37.6 Å². The summed E-state index contributed by atoms with van der Waals surface area (Å²) in [4.78, 5) is 16.6. The largest absolute Gasteiger partial charge is 0.493 e. The first kappa shape index (κ1) is 18.3. The molecule has 2 aromatic rings. The van der Waals surface area contributed by atoms with Gasteiger partial charge < -0.3 is 20.1 Å². The van der Waals surface area contributed by atoms with Crippen LogP contribution >= 0.6 is 11.3 Å². The molecular weight excluding hydrogens is 360 g/mol. The van der Waals surface area contributed by atoms with Crippen LogP contribution in [0.2, 0.25) is 0 Å². The highest BCUT2D eigenvalue weighted by Gasteiger charge is 2.38. The zero-order valence-corrected chi connectivity index (χ0v) is 16.6. The van der Waals surface area contributed by atoms with Crippen molar-refractivity contribution in [3.05, 3.63) is 45.6 Å². The minimum absolute atomic E-state index is 0.0455. The summed E-state index contributed by atoms with van der Waals surface area (Å²) in [6.45, 7) is 0.718. The van der Waals surface area contributed by atoms with Crippen molar-refractivity contribution in [2.45, 2.75) is 37.8 Å². The Kier molecular flexibility index (Phi) is 5.10. The standard InChI is InChI=1S/C21H26N2O3S/c1-25-17-11-13-7-8-23(21(24)14-5-6-15(22)10-14)20(19-4-3-9-27-19)16(13)12-18(17)26-2/h3-4,9,11-12,14-15,20H,5-8,10,22H2,1-2H3. The van der Waals surface area contributed by atoms with Crippen LogP contribution < -0.4 is 15.2 Å². The number of methoxy groups -OCH3 is 2. The highest BCUT2D eigenvalue weighted by molar-refractivity contribution is 7.10. The summed E-state index contributed by atoms with van der Waals surface area (Å²) in [5.41, 5.74) is 8.43. The molecule has 0 bridgehead atoms. The van der Waals surface area contributed by atoms with Crippen molar-refractivity contribution in [2.75, 3.05) is 20.8 Å². The molecule has 2 heterocycles. The maximum absolute atomic E-state index is 13.4. The monoisotopic (exact) mass is 386 g/mol. The molecule has 27 heavy (non-hydrogen) atoms. The molecule has 4 rings (SSSR count). The summed E-state index contributed by atoms with van der Waals surface area (Å²) in [6, 6.07) is 8.34. The molecule has 144 valence electrons. The molecule has 2 N–H and O–H groups in total. The van der Waals surface area contributed by atoms with Gasteiger partial charge in [0.1, 0.15) is 0 Å². The lowest BCUT2D eigenvalue weighted by Gasteiger charge is -2.38. The van der Waals surface area contributed by atoms with E-state index in [1.54, 1.807) is 25.6 Å². The Morgan fingerprint density at radius 2 is 2.00 bits per heavy atom. The van der Waals surface area contributed by atoms with Crippen LogP contribution in [0.15, 0.2) is 29.6 Å². The van der Waals surface area contributed by atoms with E-state index in [0.29, 0.717) is 5.75 Å². The first-order valence-corrected chi connectivity index (χ1v) is 10.3. The summed E-state index contributed by atoms with van der Waals surface area (Å²) in [5, 5.41) is 2.07. The molecule has 1 aliphatic carbocycles. The summed E-state index contributed by atoms with van der Waals surface area (Å²) in [6.07, 6.45) is 3.45. The molecule has 1 aromatic carbocycles. The van der Waals surface area contributed by atoms with E-state index in [0.717, 1.165) is 43.5 Å². The number of ether oxygens (including phenoxy) is 2. The van der Waals surface area contributed by atoms with Crippen molar-refractivity contribution in [3.63, 3.8) is 0 Å². The lowest BCUT2D eigenvalue weighted by atomic mass is 9.89. The quantitative estimate of drug-likeness (QED) is 0.875. The zero-order valence-electron chi connectivity index (χ0n) is 15.8. The van der Waals surface area contributed by atoms with Crippen LogP contribution in [0.25, 0.3) is 0 Å². The first-order chi connectivity index (χ1) is 13.1. The van der Waals surface area contributed by atoms with Crippen molar-refractivity contribution in [2.24, 2.45) is 11.7 Å². The second-order valence-electron chi connectivity index (χ2n) is 7.38. The average molecular weight is 387 g/mol. The molecule has 6 heteroatoms. The number of nitrogens with zero attached hydrogens (tertiary/aromatic N) is 1. The normalized spacial score (nSPS) is 24.6. The van der Waals surface area contributed by atoms with Crippen molar-refractivity contribution in [1.29, 1.82) is 0 Å². The Labute approximate surface area is 164 Å². The number of rotatable bonds is 4. The van der Waals surface area contributed by atoms with Crippen molar-refractivity contribution in [1.82, 2.24) is 4.90 Å². The Hall–Kier alpha value is -2.05. The van der Waals surface area contributed by atoms with Crippen LogP contribution in [0, 0.1) is 5.92 Å². The second-order valence-corrected chi connectivity index (χ2v) is 8.35. The van der Waals surface area contributed by atoms with Gasteiger partial charge in [0.2, 0.25) is 5.91 Å². The number of hydrogen-bond donors (Lipinski definition) is 1. The summed E-state index contributed by atoms with van der Waals surface area (Å²) < 4.78 is 11.0. The number of carbonyl (C=O) groups excluding carboxylic acids is 1. The van der Waals surface area contributed by atoms with Gasteiger partial charge >= 0.3 is 0 Å². The SMILES string of the molecule is COc1cc2c(cc1OC)C(c1cccs1)N(C(=O)C1CCC(N)C1)CC2. The molecule has 0 radical (unpaired) electrons. The van der Waals surface area contributed by atoms with Gasteiger partial charge in [0.05, 0.1) is 20.3 Å². The van der Waals surface area contributed by atoms with Crippen LogP contribution in [0.4, 0.5) is 0 Å². The van der Waals surface area contributed by atoms with Crippen molar-refractivity contribution < 1.29 is 14.3 Å². The van der Waals surface area contributed by atoms with E-state index < -0.39 is 0 Å². The van der Waals surface area contributed by atoms with E-state index in [4.69, 9.17) is 15.2 Å². The molecule has 3 atom stereocenters. The third kappa shape index (κ3) is 3.32. The van der Waals surface area contributed by atoms with E-state index in [2.05, 4.69) is 22.4 Å². The van der Waals surface area contributed by atoms with Crippen LogP contribution in [0.3, 0.4) is 0 Å². The first-order valence-electron chi connectivity index (χ1n) is 9.46. The van der Waals surface area contributed by atoms with E-state index in [1.165, 1.54) is 10.4 Å². The van der Waals surface area contributed by atoms with Crippen LogP contribution in [0.1, 0.15) is 41.3 Å².